The molecule has 0 aliphatic rings. The Morgan fingerprint density at radius 3 is 2.48 bits per heavy atom. The Bertz CT molecular complexity index is 465. The molecule has 1 amide bonds. The van der Waals surface area contributed by atoms with E-state index in [1.165, 1.54) is 5.56 Å². The van der Waals surface area contributed by atoms with Crippen LogP contribution in [0.15, 0.2) is 35.5 Å². The van der Waals surface area contributed by atoms with E-state index in [-0.39, 0.29) is 5.91 Å². The van der Waals surface area contributed by atoms with E-state index in [1.54, 1.807) is 0 Å². The van der Waals surface area contributed by atoms with Crippen LogP contribution in [0.1, 0.15) is 18.4 Å². The predicted molar refractivity (Wildman–Crippen MR) is 92.8 cm³/mol. The molecule has 6 nitrogen and oxygen atoms in total. The summed E-state index contributed by atoms with van der Waals surface area (Å²) >= 11 is 0. The first kappa shape index (κ1) is 19.1. The fourth-order valence-corrected chi connectivity index (χ4v) is 2.36. The Morgan fingerprint density at radius 2 is 1.78 bits per heavy atom. The van der Waals surface area contributed by atoms with Gasteiger partial charge < -0.3 is 20.3 Å². The molecule has 0 bridgehead atoms. The van der Waals surface area contributed by atoms with Crippen molar-refractivity contribution in [3.8, 4) is 0 Å². The monoisotopic (exact) mass is 320 g/mol. The molecule has 0 atom stereocenters. The number of oxime groups is 1. The highest BCUT2D eigenvalue weighted by Crippen LogP contribution is 2.03. The van der Waals surface area contributed by atoms with Crippen LogP contribution in [-0.4, -0.2) is 67.4 Å². The Kier molecular flexibility index (Phi) is 9.66. The fourth-order valence-electron chi connectivity index (χ4n) is 2.36. The molecule has 0 aromatic heterocycles. The first-order valence-corrected chi connectivity index (χ1v) is 7.98. The lowest BCUT2D eigenvalue weighted by Gasteiger charge is -2.20. The zero-order chi connectivity index (χ0) is 16.9. The maximum atomic E-state index is 11.0. The molecule has 0 heterocycles. The van der Waals surface area contributed by atoms with Crippen molar-refractivity contribution in [1.82, 2.24) is 15.1 Å². The molecule has 1 rings (SSSR count). The summed E-state index contributed by atoms with van der Waals surface area (Å²) in [7, 11) is 4.24. The van der Waals surface area contributed by atoms with Gasteiger partial charge in [0, 0.05) is 13.1 Å². The maximum Gasteiger partial charge on any atom is 0.265 e. The van der Waals surface area contributed by atoms with E-state index in [4.69, 9.17) is 5.21 Å². The van der Waals surface area contributed by atoms with Gasteiger partial charge in [0.1, 0.15) is 6.21 Å². The molecule has 23 heavy (non-hydrogen) atoms. The quantitative estimate of drug-likeness (QED) is 0.280. The van der Waals surface area contributed by atoms with Crippen molar-refractivity contribution in [2.45, 2.75) is 19.4 Å². The molecule has 0 spiro atoms. The second-order valence-electron chi connectivity index (χ2n) is 5.77. The van der Waals surface area contributed by atoms with E-state index in [2.05, 4.69) is 58.6 Å². The zero-order valence-electron chi connectivity index (χ0n) is 14.1. The molecule has 0 saturated carbocycles. The SMILES string of the molecule is CN(CCCNC(=O)/C=N/O)CCCN(C)Cc1ccccc1. The molecule has 0 unspecified atom stereocenters. The van der Waals surface area contributed by atoms with E-state index in [9.17, 15) is 4.79 Å². The highest BCUT2D eigenvalue weighted by Gasteiger charge is 2.03. The van der Waals surface area contributed by atoms with Gasteiger partial charge in [0.25, 0.3) is 5.91 Å². The van der Waals surface area contributed by atoms with Crippen molar-refractivity contribution in [3.05, 3.63) is 35.9 Å². The maximum absolute atomic E-state index is 11.0. The van der Waals surface area contributed by atoms with Gasteiger partial charge in [-0.25, -0.2) is 0 Å². The van der Waals surface area contributed by atoms with Gasteiger partial charge in [-0.2, -0.15) is 0 Å². The van der Waals surface area contributed by atoms with E-state index in [0.29, 0.717) is 6.54 Å². The number of benzene rings is 1. The summed E-state index contributed by atoms with van der Waals surface area (Å²) in [6, 6.07) is 10.5. The van der Waals surface area contributed by atoms with Crippen LogP contribution in [0.5, 0.6) is 0 Å². The number of hydrogen-bond donors (Lipinski definition) is 2. The lowest BCUT2D eigenvalue weighted by atomic mass is 10.2. The zero-order valence-corrected chi connectivity index (χ0v) is 14.1. The van der Waals surface area contributed by atoms with E-state index in [0.717, 1.165) is 45.2 Å². The minimum absolute atomic E-state index is 0.363. The Hall–Kier alpha value is -1.92. The first-order chi connectivity index (χ1) is 11.1. The highest BCUT2D eigenvalue weighted by atomic mass is 16.4. The van der Waals surface area contributed by atoms with Gasteiger partial charge in [-0.1, -0.05) is 35.5 Å². The Morgan fingerprint density at radius 1 is 1.13 bits per heavy atom. The number of hydrogen-bond acceptors (Lipinski definition) is 5. The molecular weight excluding hydrogens is 292 g/mol. The van der Waals surface area contributed by atoms with Gasteiger partial charge >= 0.3 is 0 Å². The average molecular weight is 320 g/mol. The summed E-state index contributed by atoms with van der Waals surface area (Å²) in [4.78, 5) is 15.6. The smallest absolute Gasteiger partial charge is 0.265 e. The van der Waals surface area contributed by atoms with Crippen LogP contribution in [0, 0.1) is 0 Å². The third-order valence-corrected chi connectivity index (χ3v) is 3.57. The van der Waals surface area contributed by atoms with Gasteiger partial charge in [0.05, 0.1) is 0 Å². The van der Waals surface area contributed by atoms with Crippen LogP contribution in [-0.2, 0) is 11.3 Å². The molecule has 0 aliphatic carbocycles. The Labute approximate surface area is 138 Å². The molecular formula is C17H28N4O2. The molecule has 0 radical (unpaired) electrons. The average Bonchev–Trinajstić information content (AvgIpc) is 2.53. The van der Waals surface area contributed by atoms with Crippen LogP contribution in [0.25, 0.3) is 0 Å². The van der Waals surface area contributed by atoms with Crippen molar-refractivity contribution in [1.29, 1.82) is 0 Å². The van der Waals surface area contributed by atoms with Crippen LogP contribution in [0.2, 0.25) is 0 Å². The van der Waals surface area contributed by atoms with E-state index < -0.39 is 0 Å². The van der Waals surface area contributed by atoms with Crippen molar-refractivity contribution >= 4 is 12.1 Å². The second-order valence-corrected chi connectivity index (χ2v) is 5.77. The van der Waals surface area contributed by atoms with Crippen LogP contribution >= 0.6 is 0 Å². The largest absolute Gasteiger partial charge is 0.411 e. The summed E-state index contributed by atoms with van der Waals surface area (Å²) < 4.78 is 0. The van der Waals surface area contributed by atoms with Gasteiger partial charge in [0.15, 0.2) is 0 Å². The summed E-state index contributed by atoms with van der Waals surface area (Å²) in [5, 5.41) is 13.6. The fraction of sp³-hybridized carbons (Fsp3) is 0.529. The first-order valence-electron chi connectivity index (χ1n) is 7.98. The lowest BCUT2D eigenvalue weighted by molar-refractivity contribution is -0.114. The molecule has 2 N–H and O–H groups in total. The number of carbonyl (C=O) groups is 1. The number of rotatable bonds is 11. The third kappa shape index (κ3) is 9.65. The third-order valence-electron chi connectivity index (χ3n) is 3.57. The molecule has 6 heteroatoms. The van der Waals surface area contributed by atoms with Crippen molar-refractivity contribution < 1.29 is 10.0 Å². The van der Waals surface area contributed by atoms with Gasteiger partial charge in [-0.3, -0.25) is 4.79 Å². The highest BCUT2D eigenvalue weighted by molar-refractivity contribution is 6.25. The minimum atomic E-state index is -0.363. The molecule has 0 saturated heterocycles. The number of nitrogens with zero attached hydrogens (tertiary/aromatic N) is 3. The molecule has 0 fully saturated rings. The van der Waals surface area contributed by atoms with E-state index >= 15 is 0 Å². The van der Waals surface area contributed by atoms with Gasteiger partial charge in [-0.05, 0) is 52.1 Å². The normalized spacial score (nSPS) is 11.5. The van der Waals surface area contributed by atoms with Crippen molar-refractivity contribution in [3.63, 3.8) is 0 Å². The summed E-state index contributed by atoms with van der Waals surface area (Å²) in [6.07, 6.45) is 2.86. The predicted octanol–water partition coefficient (Wildman–Crippen LogP) is 1.41. The van der Waals surface area contributed by atoms with Crippen LogP contribution < -0.4 is 5.32 Å². The minimum Gasteiger partial charge on any atom is -0.411 e. The Balaban J connectivity index is 2.05. The van der Waals surface area contributed by atoms with Crippen molar-refractivity contribution in [2.24, 2.45) is 5.16 Å². The molecule has 1 aromatic rings. The number of amides is 1. The van der Waals surface area contributed by atoms with Gasteiger partial charge in [0.2, 0.25) is 0 Å². The number of carbonyl (C=O) groups excluding carboxylic acids is 1. The summed E-state index contributed by atoms with van der Waals surface area (Å²) in [5.41, 5.74) is 1.34. The van der Waals surface area contributed by atoms with Crippen molar-refractivity contribution in [2.75, 3.05) is 40.3 Å². The van der Waals surface area contributed by atoms with E-state index in [1.807, 2.05) is 6.07 Å². The van der Waals surface area contributed by atoms with Gasteiger partial charge in [-0.15, -0.1) is 0 Å². The molecule has 0 aliphatic heterocycles. The van der Waals surface area contributed by atoms with Crippen LogP contribution in [0.3, 0.4) is 0 Å². The summed E-state index contributed by atoms with van der Waals surface area (Å²) in [6.45, 7) is 4.58. The lowest BCUT2D eigenvalue weighted by Crippen LogP contribution is -2.30. The molecule has 1 aromatic carbocycles. The standard InChI is InChI=1S/C17H28N4O2/c1-20(11-6-10-18-17(22)14-19-23)12-7-13-21(2)15-16-8-4-3-5-9-16/h3-5,8-9,14,23H,6-7,10-13,15H2,1-2H3,(H,18,22)/b19-14+. The van der Waals surface area contributed by atoms with Crippen LogP contribution in [0.4, 0.5) is 0 Å². The second kappa shape index (κ2) is 11.6. The topological polar surface area (TPSA) is 68.2 Å². The number of nitrogens with one attached hydrogen (secondary N) is 1. The molecule has 128 valence electrons. The summed E-state index contributed by atoms with van der Waals surface area (Å²) in [5.74, 6) is -0.363.